The molecule has 1 amide bonds. The Balaban J connectivity index is 1.61. The summed E-state index contributed by atoms with van der Waals surface area (Å²) in [5, 5.41) is 6.80. The number of nitrogens with one attached hydrogen (secondary N) is 2. The molecule has 3 atom stereocenters. The van der Waals surface area contributed by atoms with Gasteiger partial charge < -0.3 is 15.4 Å². The number of benzene rings is 2. The minimum atomic E-state index is -0.422. The second-order valence-electron chi connectivity index (χ2n) is 9.90. The number of hydrogen-bond donors (Lipinski definition) is 2. The van der Waals surface area contributed by atoms with Crippen molar-refractivity contribution < 1.29 is 14.3 Å². The van der Waals surface area contributed by atoms with Crippen LogP contribution in [0.1, 0.15) is 86.4 Å². The average Bonchev–Trinajstić information content (AvgIpc) is 3.30. The summed E-state index contributed by atoms with van der Waals surface area (Å²) in [5.41, 5.74) is 4.47. The number of methoxy groups -OCH3 is 1. The molecule has 34 heavy (non-hydrogen) atoms. The van der Waals surface area contributed by atoms with Crippen LogP contribution in [0.3, 0.4) is 0 Å². The van der Waals surface area contributed by atoms with E-state index in [1.807, 2.05) is 30.3 Å². The van der Waals surface area contributed by atoms with Gasteiger partial charge in [0.05, 0.1) is 19.6 Å². The van der Waals surface area contributed by atoms with Gasteiger partial charge in [-0.15, -0.1) is 0 Å². The molecule has 5 heteroatoms. The molecule has 0 spiro atoms. The quantitative estimate of drug-likeness (QED) is 0.513. The second-order valence-corrected chi connectivity index (χ2v) is 9.90. The minimum absolute atomic E-state index is 0.0433. The molecule has 0 radical (unpaired) electrons. The lowest BCUT2D eigenvalue weighted by Crippen LogP contribution is -2.44. The SMILES string of the molecule is COC(=O)C[C@H](NC(=O)C1Nc2c(C)cccc2C1C1CCCCCCCC1)c1ccccc1. The van der Waals surface area contributed by atoms with Crippen molar-refractivity contribution in [3.63, 3.8) is 0 Å². The van der Waals surface area contributed by atoms with Crippen molar-refractivity contribution in [3.05, 3.63) is 65.2 Å². The Labute approximate surface area is 203 Å². The predicted octanol–water partition coefficient (Wildman–Crippen LogP) is 6.04. The third-order valence-corrected chi connectivity index (χ3v) is 7.63. The van der Waals surface area contributed by atoms with Gasteiger partial charge in [-0.3, -0.25) is 9.59 Å². The van der Waals surface area contributed by atoms with Crippen molar-refractivity contribution in [2.24, 2.45) is 5.92 Å². The Bertz CT molecular complexity index is 965. The standard InChI is InChI=1S/C29H38N2O3/c1-20-13-12-18-23-26(22-16-8-5-3-4-6-9-17-22)28(31-27(20)23)29(33)30-24(19-25(32)34-2)21-14-10-7-11-15-21/h7,10-15,18,22,24,26,28,31H,3-6,8-9,16-17,19H2,1-2H3,(H,30,33)/t24-,26?,28?/m0/s1. The molecule has 1 saturated carbocycles. The Kier molecular flexibility index (Phi) is 8.25. The van der Waals surface area contributed by atoms with E-state index in [2.05, 4.69) is 35.8 Å². The van der Waals surface area contributed by atoms with Crippen molar-refractivity contribution in [2.45, 2.75) is 82.7 Å². The van der Waals surface area contributed by atoms with Crippen LogP contribution in [0.15, 0.2) is 48.5 Å². The second kappa shape index (κ2) is 11.5. The number of carbonyl (C=O) groups is 2. The molecule has 1 aliphatic carbocycles. The lowest BCUT2D eigenvalue weighted by Gasteiger charge is -2.30. The first-order valence-corrected chi connectivity index (χ1v) is 12.9. The largest absolute Gasteiger partial charge is 0.469 e. The Hall–Kier alpha value is -2.82. The van der Waals surface area contributed by atoms with Crippen LogP contribution in [-0.4, -0.2) is 25.0 Å². The summed E-state index contributed by atoms with van der Waals surface area (Å²) in [4.78, 5) is 26.0. The maximum Gasteiger partial charge on any atom is 0.307 e. The van der Waals surface area contributed by atoms with Gasteiger partial charge in [-0.1, -0.05) is 87.1 Å². The van der Waals surface area contributed by atoms with Gasteiger partial charge in [-0.25, -0.2) is 0 Å². The van der Waals surface area contributed by atoms with Crippen LogP contribution < -0.4 is 10.6 Å². The average molecular weight is 463 g/mol. The number of para-hydroxylation sites is 1. The van der Waals surface area contributed by atoms with E-state index in [0.29, 0.717) is 5.92 Å². The van der Waals surface area contributed by atoms with E-state index in [-0.39, 0.29) is 30.3 Å². The van der Waals surface area contributed by atoms with Gasteiger partial charge in [0.1, 0.15) is 6.04 Å². The highest BCUT2D eigenvalue weighted by molar-refractivity contribution is 5.90. The molecule has 2 aliphatic rings. The zero-order valence-corrected chi connectivity index (χ0v) is 20.5. The molecule has 5 nitrogen and oxygen atoms in total. The molecule has 2 aromatic rings. The zero-order valence-electron chi connectivity index (χ0n) is 20.5. The first-order chi connectivity index (χ1) is 16.6. The molecule has 1 heterocycles. The van der Waals surface area contributed by atoms with Crippen molar-refractivity contribution in [2.75, 3.05) is 12.4 Å². The van der Waals surface area contributed by atoms with Crippen molar-refractivity contribution in [3.8, 4) is 0 Å². The van der Waals surface area contributed by atoms with E-state index in [9.17, 15) is 9.59 Å². The van der Waals surface area contributed by atoms with E-state index in [1.165, 1.54) is 56.8 Å². The number of aryl methyl sites for hydroxylation is 1. The molecule has 2 unspecified atom stereocenters. The highest BCUT2D eigenvalue weighted by Gasteiger charge is 2.42. The van der Waals surface area contributed by atoms with Crippen LogP contribution in [0.4, 0.5) is 5.69 Å². The van der Waals surface area contributed by atoms with Gasteiger partial charge in [0, 0.05) is 11.6 Å². The maximum absolute atomic E-state index is 13.8. The smallest absolute Gasteiger partial charge is 0.307 e. The number of esters is 1. The van der Waals surface area contributed by atoms with Gasteiger partial charge in [0.25, 0.3) is 0 Å². The van der Waals surface area contributed by atoms with Crippen molar-refractivity contribution >= 4 is 17.6 Å². The monoisotopic (exact) mass is 462 g/mol. The number of fused-ring (bicyclic) bond motifs is 1. The third kappa shape index (κ3) is 5.63. The first-order valence-electron chi connectivity index (χ1n) is 12.9. The number of ether oxygens (including phenoxy) is 1. The molecule has 182 valence electrons. The fraction of sp³-hybridized carbons (Fsp3) is 0.517. The summed E-state index contributed by atoms with van der Waals surface area (Å²) in [6.45, 7) is 2.11. The van der Waals surface area contributed by atoms with Crippen LogP contribution >= 0.6 is 0 Å². The minimum Gasteiger partial charge on any atom is -0.469 e. The summed E-state index contributed by atoms with van der Waals surface area (Å²) in [6.07, 6.45) is 10.1. The Morgan fingerprint density at radius 1 is 0.971 bits per heavy atom. The van der Waals surface area contributed by atoms with E-state index in [1.54, 1.807) is 0 Å². The van der Waals surface area contributed by atoms with E-state index in [0.717, 1.165) is 24.1 Å². The molecular weight excluding hydrogens is 424 g/mol. The number of amides is 1. The zero-order chi connectivity index (χ0) is 23.9. The molecule has 1 fully saturated rings. The Morgan fingerprint density at radius 2 is 1.65 bits per heavy atom. The van der Waals surface area contributed by atoms with Crippen LogP contribution in [0, 0.1) is 12.8 Å². The highest BCUT2D eigenvalue weighted by Crippen LogP contribution is 2.46. The molecule has 4 rings (SSSR count). The molecule has 1 aliphatic heterocycles. The molecule has 2 N–H and O–H groups in total. The lowest BCUT2D eigenvalue weighted by atomic mass is 9.77. The van der Waals surface area contributed by atoms with Gasteiger partial charge in [-0.2, -0.15) is 0 Å². The summed E-state index contributed by atoms with van der Waals surface area (Å²) in [6, 6.07) is 15.3. The van der Waals surface area contributed by atoms with Crippen LogP contribution in [0.5, 0.6) is 0 Å². The number of hydrogen-bond acceptors (Lipinski definition) is 4. The van der Waals surface area contributed by atoms with Crippen LogP contribution in [0.25, 0.3) is 0 Å². The third-order valence-electron chi connectivity index (χ3n) is 7.63. The van der Waals surface area contributed by atoms with E-state index >= 15 is 0 Å². The number of rotatable bonds is 6. The van der Waals surface area contributed by atoms with Gasteiger partial charge in [-0.05, 0) is 42.4 Å². The Morgan fingerprint density at radius 3 is 2.32 bits per heavy atom. The van der Waals surface area contributed by atoms with E-state index in [4.69, 9.17) is 4.74 Å². The molecule has 0 bridgehead atoms. The maximum atomic E-state index is 13.8. The van der Waals surface area contributed by atoms with Crippen molar-refractivity contribution in [1.82, 2.24) is 5.32 Å². The van der Waals surface area contributed by atoms with Gasteiger partial charge in [0.15, 0.2) is 0 Å². The molecule has 0 aromatic heterocycles. The summed E-state index contributed by atoms with van der Waals surface area (Å²) >= 11 is 0. The molecule has 0 saturated heterocycles. The molecule has 2 aromatic carbocycles. The summed E-state index contributed by atoms with van der Waals surface area (Å²) in [7, 11) is 1.39. The van der Waals surface area contributed by atoms with E-state index < -0.39 is 6.04 Å². The fourth-order valence-corrected chi connectivity index (χ4v) is 5.82. The fourth-order valence-electron chi connectivity index (χ4n) is 5.82. The van der Waals surface area contributed by atoms with Crippen molar-refractivity contribution in [1.29, 1.82) is 0 Å². The normalized spacial score (nSPS) is 21.8. The van der Waals surface area contributed by atoms with Crippen LogP contribution in [0.2, 0.25) is 0 Å². The summed E-state index contributed by atoms with van der Waals surface area (Å²) < 4.78 is 4.92. The highest BCUT2D eigenvalue weighted by atomic mass is 16.5. The number of carbonyl (C=O) groups excluding carboxylic acids is 2. The number of anilines is 1. The summed E-state index contributed by atoms with van der Waals surface area (Å²) in [5.74, 6) is 0.237. The topological polar surface area (TPSA) is 67.4 Å². The predicted molar refractivity (Wildman–Crippen MR) is 136 cm³/mol. The first kappa shape index (κ1) is 24.3. The van der Waals surface area contributed by atoms with Crippen LogP contribution in [-0.2, 0) is 14.3 Å². The lowest BCUT2D eigenvalue weighted by molar-refractivity contribution is -0.141. The van der Waals surface area contributed by atoms with Gasteiger partial charge in [0.2, 0.25) is 5.91 Å². The van der Waals surface area contributed by atoms with Gasteiger partial charge >= 0.3 is 5.97 Å². The molecular formula is C29H38N2O3.